The van der Waals surface area contributed by atoms with Gasteiger partial charge in [-0.05, 0) is 42.7 Å². The van der Waals surface area contributed by atoms with Crippen molar-refractivity contribution in [2.75, 3.05) is 12.4 Å². The molecular formula is C23H19NO4. The average Bonchev–Trinajstić information content (AvgIpc) is 2.73. The SMILES string of the molecule is COc1cccc(C2C3=C(CCCC3=O)Nc3c2c(=O)oc2ccccc32)c1. The predicted molar refractivity (Wildman–Crippen MR) is 107 cm³/mol. The number of ketones is 1. The summed E-state index contributed by atoms with van der Waals surface area (Å²) in [4.78, 5) is 25.9. The third-order valence-corrected chi connectivity index (χ3v) is 5.58. The second-order valence-corrected chi connectivity index (χ2v) is 7.18. The Bertz CT molecular complexity index is 1200. The van der Waals surface area contributed by atoms with Crippen molar-refractivity contribution in [3.63, 3.8) is 0 Å². The van der Waals surface area contributed by atoms with Gasteiger partial charge < -0.3 is 14.5 Å². The fourth-order valence-electron chi connectivity index (χ4n) is 4.34. The molecule has 140 valence electrons. The average molecular weight is 373 g/mol. The molecular weight excluding hydrogens is 354 g/mol. The van der Waals surface area contributed by atoms with Crippen molar-refractivity contribution in [1.29, 1.82) is 0 Å². The van der Waals surface area contributed by atoms with Crippen molar-refractivity contribution in [1.82, 2.24) is 0 Å². The monoisotopic (exact) mass is 373 g/mol. The highest BCUT2D eigenvalue weighted by Crippen LogP contribution is 2.46. The van der Waals surface area contributed by atoms with Crippen molar-refractivity contribution >= 4 is 22.4 Å². The minimum Gasteiger partial charge on any atom is -0.497 e. The molecule has 2 aromatic carbocycles. The molecule has 1 N–H and O–H groups in total. The summed E-state index contributed by atoms with van der Waals surface area (Å²) in [5.41, 5.74) is 3.79. The molecule has 0 radical (unpaired) electrons. The molecule has 5 rings (SSSR count). The van der Waals surface area contributed by atoms with Crippen molar-refractivity contribution in [3.05, 3.63) is 81.3 Å². The molecule has 2 aliphatic rings. The van der Waals surface area contributed by atoms with E-state index in [1.165, 1.54) is 0 Å². The molecule has 0 bridgehead atoms. The maximum absolute atomic E-state index is 13.0. The van der Waals surface area contributed by atoms with E-state index in [1.807, 2.05) is 42.5 Å². The van der Waals surface area contributed by atoms with Crippen LogP contribution in [0.25, 0.3) is 11.0 Å². The summed E-state index contributed by atoms with van der Waals surface area (Å²) in [6, 6.07) is 15.0. The number of allylic oxidation sites excluding steroid dienone is 2. The van der Waals surface area contributed by atoms with Crippen LogP contribution in [-0.4, -0.2) is 12.9 Å². The van der Waals surface area contributed by atoms with Gasteiger partial charge in [0.2, 0.25) is 0 Å². The van der Waals surface area contributed by atoms with Crippen molar-refractivity contribution in [2.45, 2.75) is 25.2 Å². The number of carbonyl (C=O) groups is 1. The van der Waals surface area contributed by atoms with E-state index in [0.717, 1.165) is 35.2 Å². The first-order valence-corrected chi connectivity index (χ1v) is 9.40. The minimum absolute atomic E-state index is 0.0831. The van der Waals surface area contributed by atoms with Crippen LogP contribution in [0.1, 0.15) is 36.3 Å². The summed E-state index contributed by atoms with van der Waals surface area (Å²) in [5.74, 6) is 0.308. The zero-order chi connectivity index (χ0) is 19.3. The number of methoxy groups -OCH3 is 1. The molecule has 1 aliphatic carbocycles. The number of Topliss-reactive ketones (excluding diaryl/α,β-unsaturated/α-hetero) is 1. The molecule has 1 aromatic heterocycles. The Balaban J connectivity index is 1.85. The van der Waals surface area contributed by atoms with Crippen LogP contribution in [0.2, 0.25) is 0 Å². The normalized spacial score (nSPS) is 18.5. The van der Waals surface area contributed by atoms with E-state index >= 15 is 0 Å². The molecule has 0 saturated carbocycles. The van der Waals surface area contributed by atoms with Gasteiger partial charge in [-0.1, -0.05) is 24.3 Å². The summed E-state index contributed by atoms with van der Waals surface area (Å²) in [5, 5.41) is 4.25. The Kier molecular flexibility index (Phi) is 3.83. The largest absolute Gasteiger partial charge is 0.497 e. The van der Waals surface area contributed by atoms with Gasteiger partial charge in [-0.3, -0.25) is 4.79 Å². The molecule has 1 aliphatic heterocycles. The molecule has 5 heteroatoms. The van der Waals surface area contributed by atoms with Crippen molar-refractivity contribution in [2.24, 2.45) is 0 Å². The second kappa shape index (κ2) is 6.37. The van der Waals surface area contributed by atoms with Gasteiger partial charge in [-0.15, -0.1) is 0 Å². The smallest absolute Gasteiger partial charge is 0.342 e. The molecule has 1 unspecified atom stereocenters. The van der Waals surface area contributed by atoms with Crippen molar-refractivity contribution in [3.8, 4) is 5.75 Å². The van der Waals surface area contributed by atoms with E-state index < -0.39 is 11.5 Å². The zero-order valence-electron chi connectivity index (χ0n) is 15.5. The molecule has 2 heterocycles. The van der Waals surface area contributed by atoms with Gasteiger partial charge in [0.25, 0.3) is 0 Å². The van der Waals surface area contributed by atoms with E-state index in [2.05, 4.69) is 5.32 Å². The highest BCUT2D eigenvalue weighted by atomic mass is 16.5. The number of hydrogen-bond donors (Lipinski definition) is 1. The number of ether oxygens (including phenoxy) is 1. The minimum atomic E-state index is -0.463. The van der Waals surface area contributed by atoms with E-state index in [1.54, 1.807) is 13.2 Å². The first-order chi connectivity index (χ1) is 13.7. The number of rotatable bonds is 2. The molecule has 5 nitrogen and oxygen atoms in total. The number of anilines is 1. The lowest BCUT2D eigenvalue weighted by molar-refractivity contribution is -0.116. The lowest BCUT2D eigenvalue weighted by atomic mass is 9.75. The number of benzene rings is 2. The summed E-state index contributed by atoms with van der Waals surface area (Å²) in [7, 11) is 1.60. The molecule has 0 saturated heterocycles. The highest BCUT2D eigenvalue weighted by Gasteiger charge is 2.38. The zero-order valence-corrected chi connectivity index (χ0v) is 15.5. The lowest BCUT2D eigenvalue weighted by Crippen LogP contribution is -2.30. The van der Waals surface area contributed by atoms with Crippen LogP contribution in [0.3, 0.4) is 0 Å². The number of hydrogen-bond acceptors (Lipinski definition) is 5. The maximum atomic E-state index is 13.0. The van der Waals surface area contributed by atoms with Gasteiger partial charge in [-0.25, -0.2) is 4.79 Å². The first kappa shape index (κ1) is 16.8. The van der Waals surface area contributed by atoms with E-state index in [-0.39, 0.29) is 5.78 Å². The highest BCUT2D eigenvalue weighted by molar-refractivity contribution is 6.03. The Hall–Kier alpha value is -3.34. The van der Waals surface area contributed by atoms with Crippen molar-refractivity contribution < 1.29 is 13.9 Å². The van der Waals surface area contributed by atoms with Gasteiger partial charge >= 0.3 is 5.63 Å². The molecule has 0 spiro atoms. The van der Waals surface area contributed by atoms with Gasteiger partial charge in [0.15, 0.2) is 5.78 Å². The fourth-order valence-corrected chi connectivity index (χ4v) is 4.34. The summed E-state index contributed by atoms with van der Waals surface area (Å²) in [6.07, 6.45) is 2.09. The number of fused-ring (bicyclic) bond motifs is 3. The summed E-state index contributed by atoms with van der Waals surface area (Å²) < 4.78 is 11.0. The van der Waals surface area contributed by atoms with Crippen LogP contribution < -0.4 is 15.7 Å². The molecule has 0 amide bonds. The predicted octanol–water partition coefficient (Wildman–Crippen LogP) is 4.37. The summed E-state index contributed by atoms with van der Waals surface area (Å²) in [6.45, 7) is 0. The topological polar surface area (TPSA) is 68.5 Å². The van der Waals surface area contributed by atoms with Crippen LogP contribution in [0.4, 0.5) is 5.69 Å². The Morgan fingerprint density at radius 3 is 2.79 bits per heavy atom. The first-order valence-electron chi connectivity index (χ1n) is 9.40. The molecule has 1 atom stereocenters. The van der Waals surface area contributed by atoms with E-state index in [4.69, 9.17) is 9.15 Å². The number of nitrogens with one attached hydrogen (secondary N) is 1. The molecule has 28 heavy (non-hydrogen) atoms. The van der Waals surface area contributed by atoms with Crippen LogP contribution in [0.15, 0.2) is 69.0 Å². The fraction of sp³-hybridized carbons (Fsp3) is 0.217. The molecule has 3 aromatic rings. The Morgan fingerprint density at radius 2 is 1.93 bits per heavy atom. The summed E-state index contributed by atoms with van der Waals surface area (Å²) >= 11 is 0. The second-order valence-electron chi connectivity index (χ2n) is 7.18. The van der Waals surface area contributed by atoms with Crippen LogP contribution in [-0.2, 0) is 4.79 Å². The van der Waals surface area contributed by atoms with Gasteiger partial charge in [-0.2, -0.15) is 0 Å². The third-order valence-electron chi connectivity index (χ3n) is 5.58. The Morgan fingerprint density at radius 1 is 1.07 bits per heavy atom. The van der Waals surface area contributed by atoms with Crippen LogP contribution >= 0.6 is 0 Å². The van der Waals surface area contributed by atoms with Gasteiger partial charge in [0, 0.05) is 29.0 Å². The lowest BCUT2D eigenvalue weighted by Gasteiger charge is -2.33. The Labute approximate surface area is 161 Å². The van der Waals surface area contributed by atoms with E-state index in [9.17, 15) is 9.59 Å². The molecule has 0 fully saturated rings. The standard InChI is InChI=1S/C23H19NO4/c1-27-14-7-4-6-13(12-14)19-20-16(9-5-10-17(20)25)24-22-15-8-2-3-11-18(15)28-23(26)21(19)22/h2-4,6-8,11-12,19,24H,5,9-10H2,1H3. The van der Waals surface area contributed by atoms with Gasteiger partial charge in [0.05, 0.1) is 18.4 Å². The number of carbonyl (C=O) groups excluding carboxylic acids is 1. The van der Waals surface area contributed by atoms with E-state index in [0.29, 0.717) is 28.9 Å². The quantitative estimate of drug-likeness (QED) is 0.676. The van der Waals surface area contributed by atoms with Crippen LogP contribution in [0.5, 0.6) is 5.75 Å². The number of para-hydroxylation sites is 1. The maximum Gasteiger partial charge on any atom is 0.342 e. The van der Waals surface area contributed by atoms with Crippen LogP contribution in [0, 0.1) is 0 Å². The third kappa shape index (κ3) is 2.47. The van der Waals surface area contributed by atoms with Gasteiger partial charge in [0.1, 0.15) is 11.3 Å².